The van der Waals surface area contributed by atoms with Crippen LogP contribution < -0.4 is 10.2 Å². The number of aromatic nitrogens is 1. The summed E-state index contributed by atoms with van der Waals surface area (Å²) < 4.78 is 6.16. The maximum atomic E-state index is 5.06. The van der Waals surface area contributed by atoms with Crippen LogP contribution in [0.25, 0.3) is 0 Å². The van der Waals surface area contributed by atoms with Gasteiger partial charge in [0.05, 0.1) is 11.1 Å². The highest BCUT2D eigenvalue weighted by Crippen LogP contribution is 2.28. The average molecular weight is 342 g/mol. The molecule has 20 heavy (non-hydrogen) atoms. The van der Waals surface area contributed by atoms with Crippen molar-refractivity contribution in [3.8, 4) is 0 Å². The molecule has 1 aromatic heterocycles. The molecular weight excluding hydrogens is 318 g/mol. The number of piperidine rings is 1. The Labute approximate surface area is 130 Å². The number of anilines is 1. The first-order valence-electron chi connectivity index (χ1n) is 7.27. The van der Waals surface area contributed by atoms with Gasteiger partial charge in [-0.3, -0.25) is 0 Å². The Kier molecular flexibility index (Phi) is 6.26. The molecule has 1 unspecified atom stereocenters. The number of aryl methyl sites for hydroxylation is 1. The van der Waals surface area contributed by atoms with E-state index < -0.39 is 0 Å². The van der Waals surface area contributed by atoms with Crippen LogP contribution in [0.3, 0.4) is 0 Å². The molecule has 1 fully saturated rings. The van der Waals surface area contributed by atoms with Gasteiger partial charge in [0.2, 0.25) is 0 Å². The molecule has 1 saturated heterocycles. The molecule has 112 valence electrons. The molecule has 0 saturated carbocycles. The summed E-state index contributed by atoms with van der Waals surface area (Å²) >= 11 is 3.64. The summed E-state index contributed by atoms with van der Waals surface area (Å²) in [5.74, 6) is 1.77. The highest BCUT2D eigenvalue weighted by atomic mass is 79.9. The number of hydrogen-bond donors (Lipinski definition) is 1. The second-order valence-electron chi connectivity index (χ2n) is 5.47. The first-order chi connectivity index (χ1) is 9.70. The van der Waals surface area contributed by atoms with Gasteiger partial charge in [-0.15, -0.1) is 0 Å². The predicted octanol–water partition coefficient (Wildman–Crippen LogP) is 2.60. The summed E-state index contributed by atoms with van der Waals surface area (Å²) in [6, 6.07) is 2.14. The summed E-state index contributed by atoms with van der Waals surface area (Å²) in [7, 11) is 1.74. The van der Waals surface area contributed by atoms with E-state index in [2.05, 4.69) is 44.1 Å². The van der Waals surface area contributed by atoms with Crippen LogP contribution in [-0.4, -0.2) is 44.9 Å². The number of nitrogens with one attached hydrogen (secondary N) is 1. The van der Waals surface area contributed by atoms with Crippen molar-refractivity contribution in [2.45, 2.75) is 19.8 Å². The molecule has 1 atom stereocenters. The second-order valence-corrected chi connectivity index (χ2v) is 6.32. The zero-order chi connectivity index (χ0) is 14.4. The van der Waals surface area contributed by atoms with Gasteiger partial charge in [-0.25, -0.2) is 4.98 Å². The number of halogens is 1. The van der Waals surface area contributed by atoms with E-state index in [1.807, 2.05) is 6.20 Å². The van der Waals surface area contributed by atoms with Crippen molar-refractivity contribution in [1.82, 2.24) is 10.3 Å². The van der Waals surface area contributed by atoms with E-state index in [0.29, 0.717) is 5.92 Å². The lowest BCUT2D eigenvalue weighted by atomic mass is 9.98. The molecule has 2 heterocycles. The van der Waals surface area contributed by atoms with E-state index in [1.54, 1.807) is 7.11 Å². The van der Waals surface area contributed by atoms with Crippen LogP contribution in [0.5, 0.6) is 0 Å². The van der Waals surface area contributed by atoms with E-state index in [-0.39, 0.29) is 0 Å². The Morgan fingerprint density at radius 2 is 2.40 bits per heavy atom. The monoisotopic (exact) mass is 341 g/mol. The maximum absolute atomic E-state index is 5.06. The summed E-state index contributed by atoms with van der Waals surface area (Å²) in [5.41, 5.74) is 1.19. The van der Waals surface area contributed by atoms with Crippen LogP contribution in [0.2, 0.25) is 0 Å². The number of ether oxygens (including phenoxy) is 1. The fourth-order valence-corrected chi connectivity index (χ4v) is 3.38. The molecule has 0 amide bonds. The molecule has 0 aromatic carbocycles. The van der Waals surface area contributed by atoms with E-state index in [4.69, 9.17) is 4.74 Å². The van der Waals surface area contributed by atoms with Crippen LogP contribution in [0.1, 0.15) is 18.4 Å². The molecule has 1 N–H and O–H groups in total. The van der Waals surface area contributed by atoms with Gasteiger partial charge in [0.1, 0.15) is 5.82 Å². The Morgan fingerprint density at radius 1 is 1.55 bits per heavy atom. The second kappa shape index (κ2) is 7.96. The SMILES string of the molecule is COCCNCC1CCCN(c2ncc(C)cc2Br)C1. The molecule has 0 aliphatic carbocycles. The predicted molar refractivity (Wildman–Crippen MR) is 86.4 cm³/mol. The lowest BCUT2D eigenvalue weighted by Gasteiger charge is -2.34. The third kappa shape index (κ3) is 4.43. The average Bonchev–Trinajstić information content (AvgIpc) is 2.44. The summed E-state index contributed by atoms with van der Waals surface area (Å²) in [4.78, 5) is 6.98. The number of methoxy groups -OCH3 is 1. The molecule has 1 aromatic rings. The topological polar surface area (TPSA) is 37.4 Å². The molecule has 1 aliphatic heterocycles. The molecule has 5 heteroatoms. The minimum Gasteiger partial charge on any atom is -0.383 e. The van der Waals surface area contributed by atoms with Gasteiger partial charge in [0, 0.05) is 32.9 Å². The molecule has 4 nitrogen and oxygen atoms in total. The lowest BCUT2D eigenvalue weighted by molar-refractivity contribution is 0.197. The fourth-order valence-electron chi connectivity index (χ4n) is 2.66. The maximum Gasteiger partial charge on any atom is 0.142 e. The van der Waals surface area contributed by atoms with Crippen molar-refractivity contribution < 1.29 is 4.74 Å². The first kappa shape index (κ1) is 15.7. The van der Waals surface area contributed by atoms with Gasteiger partial charge in [-0.05, 0) is 59.8 Å². The highest BCUT2D eigenvalue weighted by molar-refractivity contribution is 9.10. The highest BCUT2D eigenvalue weighted by Gasteiger charge is 2.22. The summed E-state index contributed by atoms with van der Waals surface area (Å²) in [5, 5.41) is 3.47. The van der Waals surface area contributed by atoms with Crippen molar-refractivity contribution in [1.29, 1.82) is 0 Å². The summed E-state index contributed by atoms with van der Waals surface area (Å²) in [6.07, 6.45) is 4.47. The standard InChI is InChI=1S/C15H24BrN3O/c1-12-8-14(16)15(18-9-12)19-6-3-4-13(11-19)10-17-5-7-20-2/h8-9,13,17H,3-7,10-11H2,1-2H3. The van der Waals surface area contributed by atoms with Gasteiger partial charge >= 0.3 is 0 Å². The number of pyridine rings is 1. The summed E-state index contributed by atoms with van der Waals surface area (Å²) in [6.45, 7) is 7.02. The molecule has 0 radical (unpaired) electrons. The Morgan fingerprint density at radius 3 is 3.15 bits per heavy atom. The zero-order valence-corrected chi connectivity index (χ0v) is 13.9. The van der Waals surface area contributed by atoms with E-state index in [1.165, 1.54) is 18.4 Å². The van der Waals surface area contributed by atoms with Crippen molar-refractivity contribution in [3.05, 3.63) is 22.3 Å². The van der Waals surface area contributed by atoms with Gasteiger partial charge in [-0.2, -0.15) is 0 Å². The normalized spacial score (nSPS) is 19.4. The fraction of sp³-hybridized carbons (Fsp3) is 0.667. The largest absolute Gasteiger partial charge is 0.383 e. The number of rotatable bonds is 6. The molecule has 2 rings (SSSR count). The molecule has 1 aliphatic rings. The minimum absolute atomic E-state index is 0.690. The Balaban J connectivity index is 1.89. The van der Waals surface area contributed by atoms with Gasteiger partial charge in [-0.1, -0.05) is 0 Å². The van der Waals surface area contributed by atoms with Crippen molar-refractivity contribution in [2.75, 3.05) is 44.8 Å². The van der Waals surface area contributed by atoms with Crippen molar-refractivity contribution in [3.63, 3.8) is 0 Å². The smallest absolute Gasteiger partial charge is 0.142 e. The van der Waals surface area contributed by atoms with Crippen LogP contribution >= 0.6 is 15.9 Å². The van der Waals surface area contributed by atoms with E-state index >= 15 is 0 Å². The third-order valence-electron chi connectivity index (χ3n) is 3.69. The molecule has 0 bridgehead atoms. The molecular formula is C15H24BrN3O. The van der Waals surface area contributed by atoms with Gasteiger partial charge < -0.3 is 15.0 Å². The van der Waals surface area contributed by atoms with Crippen LogP contribution in [0, 0.1) is 12.8 Å². The molecule has 0 spiro atoms. The quantitative estimate of drug-likeness (QED) is 0.807. The van der Waals surface area contributed by atoms with Crippen LogP contribution in [0.15, 0.2) is 16.7 Å². The number of nitrogens with zero attached hydrogens (tertiary/aromatic N) is 2. The Bertz CT molecular complexity index is 428. The van der Waals surface area contributed by atoms with E-state index in [9.17, 15) is 0 Å². The van der Waals surface area contributed by atoms with Crippen LogP contribution in [-0.2, 0) is 4.74 Å². The van der Waals surface area contributed by atoms with Crippen molar-refractivity contribution in [2.24, 2.45) is 5.92 Å². The van der Waals surface area contributed by atoms with Crippen LogP contribution in [0.4, 0.5) is 5.82 Å². The number of hydrogen-bond acceptors (Lipinski definition) is 4. The van der Waals surface area contributed by atoms with Gasteiger partial charge in [0.25, 0.3) is 0 Å². The third-order valence-corrected chi connectivity index (χ3v) is 4.28. The lowest BCUT2D eigenvalue weighted by Crippen LogP contribution is -2.40. The van der Waals surface area contributed by atoms with Crippen molar-refractivity contribution >= 4 is 21.7 Å². The zero-order valence-electron chi connectivity index (χ0n) is 12.4. The first-order valence-corrected chi connectivity index (χ1v) is 8.06. The van der Waals surface area contributed by atoms with Gasteiger partial charge in [0.15, 0.2) is 0 Å². The van der Waals surface area contributed by atoms with E-state index in [0.717, 1.165) is 43.1 Å². The Hall–Kier alpha value is -0.650. The minimum atomic E-state index is 0.690.